The maximum atomic E-state index is 13.3. The van der Waals surface area contributed by atoms with Crippen molar-refractivity contribution in [1.82, 2.24) is 0 Å². The average Bonchev–Trinajstić information content (AvgIpc) is 3.14. The number of aryl methyl sites for hydroxylation is 1. The van der Waals surface area contributed by atoms with E-state index in [0.717, 1.165) is 5.56 Å². The zero-order valence-corrected chi connectivity index (χ0v) is 21.3. The van der Waals surface area contributed by atoms with E-state index in [1.807, 2.05) is 13.8 Å². The summed E-state index contributed by atoms with van der Waals surface area (Å²) < 4.78 is 34.2. The van der Waals surface area contributed by atoms with E-state index in [1.54, 1.807) is 42.5 Å². The summed E-state index contributed by atoms with van der Waals surface area (Å²) in [5.41, 5.74) is 1.80. The molecule has 1 unspecified atom stereocenters. The molecule has 0 radical (unpaired) electrons. The highest BCUT2D eigenvalue weighted by molar-refractivity contribution is 7.89. The summed E-state index contributed by atoms with van der Waals surface area (Å²) in [6.07, 6.45) is 0. The Labute approximate surface area is 214 Å². The summed E-state index contributed by atoms with van der Waals surface area (Å²) in [7, 11) is -2.44. The fourth-order valence-electron chi connectivity index (χ4n) is 4.27. The largest absolute Gasteiger partial charge is 0.507 e. The van der Waals surface area contributed by atoms with Crippen LogP contribution >= 0.6 is 0 Å². The van der Waals surface area contributed by atoms with E-state index in [9.17, 15) is 23.1 Å². The minimum absolute atomic E-state index is 0.103. The summed E-state index contributed by atoms with van der Waals surface area (Å²) in [5.74, 6) is -0.871. The maximum absolute atomic E-state index is 13.3. The second-order valence-corrected chi connectivity index (χ2v) is 9.96. The first kappa shape index (κ1) is 25.9. The lowest BCUT2D eigenvalue weighted by molar-refractivity contribution is -0.132. The number of ether oxygens (including phenoxy) is 2. The molecule has 3 N–H and O–H groups in total. The van der Waals surface area contributed by atoms with Gasteiger partial charge in [0.25, 0.3) is 11.7 Å². The number of benzene rings is 3. The number of carbonyl (C=O) groups excluding carboxylic acids is 2. The fourth-order valence-corrected chi connectivity index (χ4v) is 4.78. The number of amides is 1. The van der Waals surface area contributed by atoms with Crippen LogP contribution in [0.25, 0.3) is 5.76 Å². The molecule has 0 aromatic heterocycles. The summed E-state index contributed by atoms with van der Waals surface area (Å²) in [4.78, 5) is 27.7. The molecule has 1 atom stereocenters. The van der Waals surface area contributed by atoms with Crippen LogP contribution < -0.4 is 19.5 Å². The van der Waals surface area contributed by atoms with Crippen LogP contribution in [0.1, 0.15) is 29.7 Å². The predicted molar refractivity (Wildman–Crippen MR) is 138 cm³/mol. The molecule has 1 saturated heterocycles. The molecular formula is C27H26N2O7S. The molecule has 10 heteroatoms. The Kier molecular flexibility index (Phi) is 7.06. The molecule has 37 heavy (non-hydrogen) atoms. The molecule has 192 valence electrons. The molecule has 1 fully saturated rings. The van der Waals surface area contributed by atoms with Crippen LogP contribution in [0.15, 0.2) is 77.2 Å². The van der Waals surface area contributed by atoms with Gasteiger partial charge in [-0.3, -0.25) is 14.5 Å². The van der Waals surface area contributed by atoms with Gasteiger partial charge < -0.3 is 14.6 Å². The number of ketones is 1. The molecule has 0 spiro atoms. The molecule has 0 aliphatic carbocycles. The minimum Gasteiger partial charge on any atom is -0.507 e. The first-order chi connectivity index (χ1) is 17.6. The standard InChI is InChI=1S/C27H26N2O7S/c1-4-36-22-14-7-18(15-16(22)2)25(30)23-24(17-5-10-20(35-3)11-6-17)29(27(32)26(23)31)19-8-12-21(13-9-19)37(28,33)34/h5-15,24,30H,4H2,1-3H3,(H2,28,33,34)/b25-23+. The number of primary sulfonamides is 1. The van der Waals surface area contributed by atoms with E-state index in [2.05, 4.69) is 0 Å². The van der Waals surface area contributed by atoms with Crippen LogP contribution in [0.5, 0.6) is 11.5 Å². The molecule has 0 saturated carbocycles. The van der Waals surface area contributed by atoms with E-state index in [1.165, 1.54) is 36.3 Å². The zero-order valence-electron chi connectivity index (χ0n) is 20.5. The first-order valence-electron chi connectivity index (χ1n) is 11.4. The lowest BCUT2D eigenvalue weighted by Crippen LogP contribution is -2.29. The number of aliphatic hydroxyl groups is 1. The summed E-state index contributed by atoms with van der Waals surface area (Å²) in [6.45, 7) is 4.15. The highest BCUT2D eigenvalue weighted by atomic mass is 32.2. The predicted octanol–water partition coefficient (Wildman–Crippen LogP) is 3.68. The van der Waals surface area contributed by atoms with Gasteiger partial charge in [-0.1, -0.05) is 12.1 Å². The van der Waals surface area contributed by atoms with Gasteiger partial charge in [0, 0.05) is 11.3 Å². The SMILES string of the molecule is CCOc1ccc(/C(O)=C2\C(=O)C(=O)N(c3ccc(S(N)(=O)=O)cc3)C2c2ccc(OC)cc2)cc1C. The number of hydrogen-bond donors (Lipinski definition) is 2. The summed E-state index contributed by atoms with van der Waals surface area (Å²) in [6, 6.07) is 16.0. The van der Waals surface area contributed by atoms with Crippen molar-refractivity contribution in [3.05, 3.63) is 89.0 Å². The van der Waals surface area contributed by atoms with E-state index >= 15 is 0 Å². The Morgan fingerprint density at radius 3 is 2.22 bits per heavy atom. The third kappa shape index (κ3) is 4.93. The Balaban J connectivity index is 1.89. The second kappa shape index (κ2) is 10.1. The molecule has 1 aliphatic rings. The number of nitrogens with zero attached hydrogens (tertiary/aromatic N) is 1. The molecule has 3 aromatic carbocycles. The number of aliphatic hydroxyl groups excluding tert-OH is 1. The molecule has 0 bridgehead atoms. The van der Waals surface area contributed by atoms with E-state index in [-0.39, 0.29) is 21.9 Å². The van der Waals surface area contributed by atoms with Crippen LogP contribution in [0.2, 0.25) is 0 Å². The minimum atomic E-state index is -3.96. The van der Waals surface area contributed by atoms with Crippen LogP contribution in [0, 0.1) is 6.92 Å². The van der Waals surface area contributed by atoms with Crippen LogP contribution in [-0.4, -0.2) is 38.9 Å². The summed E-state index contributed by atoms with van der Waals surface area (Å²) >= 11 is 0. The van der Waals surface area contributed by atoms with E-state index in [0.29, 0.717) is 29.2 Å². The van der Waals surface area contributed by atoms with Gasteiger partial charge in [0.2, 0.25) is 10.0 Å². The lowest BCUT2D eigenvalue weighted by Gasteiger charge is -2.25. The fraction of sp³-hybridized carbons (Fsp3) is 0.185. The van der Waals surface area contributed by atoms with Crippen LogP contribution in [0.3, 0.4) is 0 Å². The Morgan fingerprint density at radius 1 is 1.03 bits per heavy atom. The van der Waals surface area contributed by atoms with Gasteiger partial charge in [-0.25, -0.2) is 13.6 Å². The number of Topliss-reactive ketones (excluding diaryl/α,β-unsaturated/α-hetero) is 1. The Morgan fingerprint density at radius 2 is 1.68 bits per heavy atom. The molecule has 9 nitrogen and oxygen atoms in total. The highest BCUT2D eigenvalue weighted by Crippen LogP contribution is 2.43. The van der Waals surface area contributed by atoms with Crippen molar-refractivity contribution < 1.29 is 32.6 Å². The van der Waals surface area contributed by atoms with E-state index < -0.39 is 27.8 Å². The molecule has 1 aliphatic heterocycles. The van der Waals surface area contributed by atoms with Crippen molar-refractivity contribution in [2.45, 2.75) is 24.8 Å². The van der Waals surface area contributed by atoms with Crippen LogP contribution in [-0.2, 0) is 19.6 Å². The van der Waals surface area contributed by atoms with Crippen molar-refractivity contribution in [1.29, 1.82) is 0 Å². The normalized spacial score (nSPS) is 17.2. The van der Waals surface area contributed by atoms with Gasteiger partial charge in [-0.2, -0.15) is 0 Å². The van der Waals surface area contributed by atoms with Gasteiger partial charge >= 0.3 is 0 Å². The molecule has 1 heterocycles. The Hall–Kier alpha value is -4.15. The number of nitrogens with two attached hydrogens (primary N) is 1. The van der Waals surface area contributed by atoms with Gasteiger partial charge in [-0.05, 0) is 79.6 Å². The number of methoxy groups -OCH3 is 1. The smallest absolute Gasteiger partial charge is 0.300 e. The van der Waals surface area contributed by atoms with Crippen molar-refractivity contribution in [3.63, 3.8) is 0 Å². The molecule has 1 amide bonds. The van der Waals surface area contributed by atoms with Gasteiger partial charge in [0.15, 0.2) is 0 Å². The quantitative estimate of drug-likeness (QED) is 0.274. The van der Waals surface area contributed by atoms with Crippen molar-refractivity contribution in [2.24, 2.45) is 5.14 Å². The average molecular weight is 523 g/mol. The summed E-state index contributed by atoms with van der Waals surface area (Å²) in [5, 5.41) is 16.5. The van der Waals surface area contributed by atoms with Gasteiger partial charge in [-0.15, -0.1) is 0 Å². The third-order valence-corrected chi connectivity index (χ3v) is 7.00. The molecule has 4 rings (SSSR count). The third-order valence-electron chi connectivity index (χ3n) is 6.07. The number of anilines is 1. The zero-order chi connectivity index (χ0) is 26.9. The van der Waals surface area contributed by atoms with Crippen molar-refractivity contribution >= 4 is 33.2 Å². The topological polar surface area (TPSA) is 136 Å². The van der Waals surface area contributed by atoms with Gasteiger partial charge in [0.05, 0.1) is 30.2 Å². The monoisotopic (exact) mass is 522 g/mol. The Bertz CT molecular complexity index is 1490. The van der Waals surface area contributed by atoms with Crippen molar-refractivity contribution in [3.8, 4) is 11.5 Å². The van der Waals surface area contributed by atoms with Crippen LogP contribution in [0.4, 0.5) is 5.69 Å². The van der Waals surface area contributed by atoms with Gasteiger partial charge in [0.1, 0.15) is 17.3 Å². The van der Waals surface area contributed by atoms with Crippen molar-refractivity contribution in [2.75, 3.05) is 18.6 Å². The molecule has 3 aromatic rings. The second-order valence-electron chi connectivity index (χ2n) is 8.39. The maximum Gasteiger partial charge on any atom is 0.300 e. The number of sulfonamides is 1. The number of carbonyl (C=O) groups is 2. The highest BCUT2D eigenvalue weighted by Gasteiger charge is 2.47. The number of hydrogen-bond acceptors (Lipinski definition) is 7. The lowest BCUT2D eigenvalue weighted by atomic mass is 9.94. The number of rotatable bonds is 7. The van der Waals surface area contributed by atoms with E-state index in [4.69, 9.17) is 14.6 Å². The molecular weight excluding hydrogens is 496 g/mol. The first-order valence-corrected chi connectivity index (χ1v) is 12.9.